The van der Waals surface area contributed by atoms with Crippen LogP contribution in [0.15, 0.2) is 24.3 Å². The number of benzene rings is 1. The minimum absolute atomic E-state index is 0.452. The number of rotatable bonds is 4. The average Bonchev–Trinajstić information content (AvgIpc) is 2.69. The maximum atomic E-state index is 5.67. The van der Waals surface area contributed by atoms with Crippen LogP contribution in [0.25, 0.3) is 0 Å². The van der Waals surface area contributed by atoms with Crippen LogP contribution in [0, 0.1) is 0 Å². The van der Waals surface area contributed by atoms with Crippen LogP contribution in [0.1, 0.15) is 31.4 Å². The van der Waals surface area contributed by atoms with Crippen molar-refractivity contribution < 1.29 is 4.74 Å². The van der Waals surface area contributed by atoms with Gasteiger partial charge in [-0.1, -0.05) is 31.5 Å². The van der Waals surface area contributed by atoms with Crippen molar-refractivity contribution >= 4 is 0 Å². The third kappa shape index (κ3) is 2.15. The summed E-state index contributed by atoms with van der Waals surface area (Å²) < 4.78 is 5.67. The van der Waals surface area contributed by atoms with Gasteiger partial charge in [-0.15, -0.1) is 0 Å². The number of likely N-dealkylation sites (N-methyl/N-ethyl adjacent to an activating group) is 1. The molecule has 1 aliphatic rings. The van der Waals surface area contributed by atoms with E-state index in [1.54, 1.807) is 0 Å². The largest absolute Gasteiger partial charge is 0.491 e. The number of hydrogen-bond acceptors (Lipinski definition) is 2. The van der Waals surface area contributed by atoms with E-state index in [-0.39, 0.29) is 0 Å². The molecular weight excluding hydrogens is 186 g/mol. The quantitative estimate of drug-likeness (QED) is 0.749. The summed E-state index contributed by atoms with van der Waals surface area (Å²) in [4.78, 5) is 2.40. The molecule has 1 aromatic rings. The summed E-state index contributed by atoms with van der Waals surface area (Å²) in [5.41, 5.74) is 1.34. The number of hydrogen-bond donors (Lipinski definition) is 0. The van der Waals surface area contributed by atoms with Crippen LogP contribution in [0.3, 0.4) is 0 Å². The van der Waals surface area contributed by atoms with Crippen LogP contribution in [0.5, 0.6) is 5.75 Å². The Morgan fingerprint density at radius 1 is 1.40 bits per heavy atom. The summed E-state index contributed by atoms with van der Waals surface area (Å²) in [5.74, 6) is 1.06. The maximum Gasteiger partial charge on any atom is 0.124 e. The van der Waals surface area contributed by atoms with Gasteiger partial charge in [-0.3, -0.25) is 4.90 Å². The van der Waals surface area contributed by atoms with Crippen LogP contribution in [0.2, 0.25) is 0 Å². The molecule has 1 heterocycles. The van der Waals surface area contributed by atoms with Gasteiger partial charge in [-0.25, -0.2) is 0 Å². The van der Waals surface area contributed by atoms with Crippen LogP contribution in [-0.4, -0.2) is 25.1 Å². The Bertz CT molecular complexity index is 324. The summed E-state index contributed by atoms with van der Waals surface area (Å²) in [6.45, 7) is 4.19. The number of nitrogens with zero attached hydrogens (tertiary/aromatic N) is 1. The maximum absolute atomic E-state index is 5.67. The van der Waals surface area contributed by atoms with E-state index >= 15 is 0 Å². The van der Waals surface area contributed by atoms with Crippen molar-refractivity contribution in [3.05, 3.63) is 29.8 Å². The fraction of sp³-hybridized carbons (Fsp3) is 0.538. The van der Waals surface area contributed by atoms with E-state index in [2.05, 4.69) is 37.1 Å². The van der Waals surface area contributed by atoms with Crippen LogP contribution >= 0.6 is 0 Å². The Balaban J connectivity index is 2.06. The van der Waals surface area contributed by atoms with Gasteiger partial charge in [0, 0.05) is 5.56 Å². The summed E-state index contributed by atoms with van der Waals surface area (Å²) in [7, 11) is 2.19. The zero-order valence-electron chi connectivity index (χ0n) is 9.57. The van der Waals surface area contributed by atoms with Gasteiger partial charge >= 0.3 is 0 Å². The first-order chi connectivity index (χ1) is 7.33. The highest BCUT2D eigenvalue weighted by Crippen LogP contribution is 2.34. The number of ether oxygens (including phenoxy) is 1. The lowest BCUT2D eigenvalue weighted by atomic mass is 10.1. The minimum atomic E-state index is 0.452. The molecule has 2 nitrogen and oxygen atoms in total. The predicted molar refractivity (Wildman–Crippen MR) is 62.2 cm³/mol. The lowest BCUT2D eigenvalue weighted by molar-refractivity contribution is 0.194. The van der Waals surface area contributed by atoms with E-state index in [1.165, 1.54) is 18.4 Å². The molecule has 0 aliphatic carbocycles. The molecule has 0 N–H and O–H groups in total. The van der Waals surface area contributed by atoms with Gasteiger partial charge in [0.05, 0.1) is 6.04 Å². The molecule has 0 radical (unpaired) electrons. The van der Waals surface area contributed by atoms with E-state index in [4.69, 9.17) is 4.74 Å². The van der Waals surface area contributed by atoms with E-state index < -0.39 is 0 Å². The second-order valence-electron chi connectivity index (χ2n) is 4.20. The molecule has 15 heavy (non-hydrogen) atoms. The van der Waals surface area contributed by atoms with Gasteiger partial charge in [0.25, 0.3) is 0 Å². The van der Waals surface area contributed by atoms with Gasteiger partial charge in [-0.2, -0.15) is 0 Å². The highest BCUT2D eigenvalue weighted by molar-refractivity contribution is 5.39. The molecule has 0 saturated heterocycles. The third-order valence-electron chi connectivity index (χ3n) is 3.07. The van der Waals surface area contributed by atoms with Crippen molar-refractivity contribution in [1.82, 2.24) is 4.90 Å². The van der Waals surface area contributed by atoms with Gasteiger partial charge in [0.1, 0.15) is 12.4 Å². The summed E-state index contributed by atoms with van der Waals surface area (Å²) in [5, 5.41) is 0. The second-order valence-corrected chi connectivity index (χ2v) is 4.20. The molecule has 1 aliphatic heterocycles. The standard InChI is InChI=1S/C13H19NO/c1-3-4-9-14(2)12-10-15-13-8-6-5-7-11(12)13/h5-8,12H,3-4,9-10H2,1-2H3. The monoisotopic (exact) mass is 205 g/mol. The van der Waals surface area contributed by atoms with Crippen LogP contribution < -0.4 is 4.74 Å². The van der Waals surface area contributed by atoms with E-state index in [9.17, 15) is 0 Å². The molecule has 2 heteroatoms. The lowest BCUT2D eigenvalue weighted by Gasteiger charge is -2.22. The first-order valence-corrected chi connectivity index (χ1v) is 5.75. The van der Waals surface area contributed by atoms with Crippen molar-refractivity contribution in [2.75, 3.05) is 20.2 Å². The zero-order chi connectivity index (χ0) is 10.7. The molecule has 0 saturated carbocycles. The molecule has 82 valence electrons. The van der Waals surface area contributed by atoms with E-state index in [1.807, 2.05) is 6.07 Å². The van der Waals surface area contributed by atoms with Gasteiger partial charge in [0.2, 0.25) is 0 Å². The second kappa shape index (κ2) is 4.67. The van der Waals surface area contributed by atoms with Crippen molar-refractivity contribution in [2.24, 2.45) is 0 Å². The first kappa shape index (κ1) is 10.5. The van der Waals surface area contributed by atoms with Crippen LogP contribution in [0.4, 0.5) is 0 Å². The fourth-order valence-electron chi connectivity index (χ4n) is 2.07. The average molecular weight is 205 g/mol. The molecule has 0 fully saturated rings. The summed E-state index contributed by atoms with van der Waals surface area (Å²) >= 11 is 0. The zero-order valence-corrected chi connectivity index (χ0v) is 9.57. The molecule has 0 bridgehead atoms. The summed E-state index contributed by atoms with van der Waals surface area (Å²) in [6, 6.07) is 8.81. The third-order valence-corrected chi connectivity index (χ3v) is 3.07. The predicted octanol–water partition coefficient (Wildman–Crippen LogP) is 2.85. The molecule has 0 amide bonds. The van der Waals surface area contributed by atoms with Gasteiger partial charge in [0.15, 0.2) is 0 Å². The van der Waals surface area contributed by atoms with Crippen molar-refractivity contribution in [2.45, 2.75) is 25.8 Å². The van der Waals surface area contributed by atoms with Crippen molar-refractivity contribution in [3.63, 3.8) is 0 Å². The fourth-order valence-corrected chi connectivity index (χ4v) is 2.07. The Hall–Kier alpha value is -1.02. The normalized spacial score (nSPS) is 19.0. The molecule has 0 spiro atoms. The van der Waals surface area contributed by atoms with Crippen molar-refractivity contribution in [1.29, 1.82) is 0 Å². The lowest BCUT2D eigenvalue weighted by Crippen LogP contribution is -2.26. The smallest absolute Gasteiger partial charge is 0.124 e. The topological polar surface area (TPSA) is 12.5 Å². The van der Waals surface area contributed by atoms with Crippen LogP contribution in [-0.2, 0) is 0 Å². The van der Waals surface area contributed by atoms with E-state index in [0.717, 1.165) is 18.9 Å². The van der Waals surface area contributed by atoms with Crippen molar-refractivity contribution in [3.8, 4) is 5.75 Å². The Kier molecular flexibility index (Phi) is 3.27. The number of fused-ring (bicyclic) bond motifs is 1. The number of para-hydroxylation sites is 1. The first-order valence-electron chi connectivity index (χ1n) is 5.75. The SMILES string of the molecule is CCCCN(C)C1COc2ccccc21. The molecule has 2 rings (SSSR count). The molecule has 1 unspecified atom stereocenters. The Labute approximate surface area is 91.9 Å². The highest BCUT2D eigenvalue weighted by atomic mass is 16.5. The highest BCUT2D eigenvalue weighted by Gasteiger charge is 2.26. The molecule has 0 aromatic heterocycles. The Morgan fingerprint density at radius 3 is 3.00 bits per heavy atom. The summed E-state index contributed by atoms with van der Waals surface area (Å²) in [6.07, 6.45) is 2.51. The Morgan fingerprint density at radius 2 is 2.20 bits per heavy atom. The minimum Gasteiger partial charge on any atom is -0.491 e. The van der Waals surface area contributed by atoms with Gasteiger partial charge in [-0.05, 0) is 26.1 Å². The molecule has 1 atom stereocenters. The molecular formula is C13H19NO. The molecule has 1 aromatic carbocycles. The van der Waals surface area contributed by atoms with E-state index in [0.29, 0.717) is 6.04 Å². The number of unbranched alkanes of at least 4 members (excludes halogenated alkanes) is 1. The van der Waals surface area contributed by atoms with Gasteiger partial charge < -0.3 is 4.74 Å².